The van der Waals surface area contributed by atoms with Gasteiger partial charge in [0.25, 0.3) is 5.89 Å². The third-order valence-electron chi connectivity index (χ3n) is 2.71. The number of nitrogen functional groups attached to an aromatic ring is 1. The minimum Gasteiger partial charge on any atom is -0.384 e. The topological polar surface area (TPSA) is 77.8 Å². The number of nitrogens with zero attached hydrogens (tertiary/aromatic N) is 3. The standard InChI is InChI=1S/C14H12N4O/c15-12-7-6-11(9-16-12)14-17-13(18-19-14)8-10-4-2-1-3-5-10/h1-7,9H,8H2,(H2,15,16). The molecule has 0 aliphatic heterocycles. The van der Waals surface area contributed by atoms with E-state index in [9.17, 15) is 0 Å². The van der Waals surface area contributed by atoms with Crippen molar-refractivity contribution in [3.05, 3.63) is 60.0 Å². The zero-order chi connectivity index (χ0) is 13.1. The molecule has 0 atom stereocenters. The van der Waals surface area contributed by atoms with Crippen LogP contribution in [0.2, 0.25) is 0 Å². The number of pyridine rings is 1. The molecule has 5 nitrogen and oxygen atoms in total. The first-order chi connectivity index (χ1) is 9.31. The summed E-state index contributed by atoms with van der Waals surface area (Å²) >= 11 is 0. The van der Waals surface area contributed by atoms with Gasteiger partial charge in [0.2, 0.25) is 0 Å². The second-order valence-corrected chi connectivity index (χ2v) is 4.15. The van der Waals surface area contributed by atoms with E-state index in [1.165, 1.54) is 0 Å². The molecule has 2 aromatic heterocycles. The maximum Gasteiger partial charge on any atom is 0.259 e. The minimum absolute atomic E-state index is 0.457. The molecule has 0 spiro atoms. The van der Waals surface area contributed by atoms with Crippen molar-refractivity contribution < 1.29 is 4.52 Å². The number of hydrogen-bond acceptors (Lipinski definition) is 5. The molecule has 0 amide bonds. The van der Waals surface area contributed by atoms with Gasteiger partial charge in [-0.2, -0.15) is 4.98 Å². The lowest BCUT2D eigenvalue weighted by atomic mass is 10.1. The molecule has 0 aliphatic rings. The Morgan fingerprint density at radius 1 is 1.05 bits per heavy atom. The Labute approximate surface area is 110 Å². The van der Waals surface area contributed by atoms with E-state index in [1.807, 2.05) is 36.4 Å². The van der Waals surface area contributed by atoms with Crippen LogP contribution >= 0.6 is 0 Å². The van der Waals surface area contributed by atoms with Gasteiger partial charge in [0.1, 0.15) is 5.82 Å². The van der Waals surface area contributed by atoms with E-state index in [4.69, 9.17) is 10.3 Å². The number of hydrogen-bond donors (Lipinski definition) is 1. The van der Waals surface area contributed by atoms with Gasteiger partial charge in [-0.15, -0.1) is 0 Å². The summed E-state index contributed by atoms with van der Waals surface area (Å²) in [7, 11) is 0. The van der Waals surface area contributed by atoms with Crippen molar-refractivity contribution in [2.24, 2.45) is 0 Å². The first-order valence-electron chi connectivity index (χ1n) is 5.90. The fourth-order valence-corrected chi connectivity index (χ4v) is 1.75. The van der Waals surface area contributed by atoms with Crippen LogP contribution in [0.25, 0.3) is 11.5 Å². The lowest BCUT2D eigenvalue weighted by Crippen LogP contribution is -1.91. The Kier molecular flexibility index (Phi) is 2.94. The maximum atomic E-state index is 5.53. The number of aromatic nitrogens is 3. The molecule has 5 heteroatoms. The van der Waals surface area contributed by atoms with Gasteiger partial charge >= 0.3 is 0 Å². The van der Waals surface area contributed by atoms with Crippen LogP contribution in [0.3, 0.4) is 0 Å². The molecule has 19 heavy (non-hydrogen) atoms. The van der Waals surface area contributed by atoms with Crippen molar-refractivity contribution in [2.45, 2.75) is 6.42 Å². The molecule has 2 N–H and O–H groups in total. The van der Waals surface area contributed by atoms with E-state index < -0.39 is 0 Å². The number of rotatable bonds is 3. The van der Waals surface area contributed by atoms with Gasteiger partial charge in [0.15, 0.2) is 5.82 Å². The second-order valence-electron chi connectivity index (χ2n) is 4.15. The summed E-state index contributed by atoms with van der Waals surface area (Å²) in [6.45, 7) is 0. The van der Waals surface area contributed by atoms with Crippen molar-refractivity contribution >= 4 is 5.82 Å². The van der Waals surface area contributed by atoms with Crippen molar-refractivity contribution in [2.75, 3.05) is 5.73 Å². The molecule has 3 rings (SSSR count). The Morgan fingerprint density at radius 2 is 1.89 bits per heavy atom. The predicted octanol–water partition coefficient (Wildman–Crippen LogP) is 2.30. The minimum atomic E-state index is 0.457. The molecule has 94 valence electrons. The fourth-order valence-electron chi connectivity index (χ4n) is 1.75. The second kappa shape index (κ2) is 4.89. The van der Waals surface area contributed by atoms with Crippen molar-refractivity contribution in [3.63, 3.8) is 0 Å². The normalized spacial score (nSPS) is 10.5. The van der Waals surface area contributed by atoms with Crippen LogP contribution in [0.5, 0.6) is 0 Å². The molecule has 0 saturated carbocycles. The summed E-state index contributed by atoms with van der Waals surface area (Å²) in [5, 5.41) is 3.97. The summed E-state index contributed by atoms with van der Waals surface area (Å²) in [4.78, 5) is 8.35. The quantitative estimate of drug-likeness (QED) is 0.773. The zero-order valence-electron chi connectivity index (χ0n) is 10.2. The summed E-state index contributed by atoms with van der Waals surface area (Å²) in [5.41, 5.74) is 7.44. The summed E-state index contributed by atoms with van der Waals surface area (Å²) < 4.78 is 5.22. The molecule has 0 radical (unpaired) electrons. The SMILES string of the molecule is Nc1ccc(-c2nc(Cc3ccccc3)no2)cn1. The lowest BCUT2D eigenvalue weighted by Gasteiger charge is -1.95. The highest BCUT2D eigenvalue weighted by molar-refractivity contribution is 5.53. The average Bonchev–Trinajstić information content (AvgIpc) is 2.89. The highest BCUT2D eigenvalue weighted by atomic mass is 16.5. The van der Waals surface area contributed by atoms with E-state index >= 15 is 0 Å². The first kappa shape index (κ1) is 11.4. The van der Waals surface area contributed by atoms with Crippen LogP contribution in [0.1, 0.15) is 11.4 Å². The fraction of sp³-hybridized carbons (Fsp3) is 0.0714. The third-order valence-corrected chi connectivity index (χ3v) is 2.71. The van der Waals surface area contributed by atoms with Gasteiger partial charge in [0.05, 0.1) is 5.56 Å². The van der Waals surface area contributed by atoms with E-state index in [2.05, 4.69) is 15.1 Å². The van der Waals surface area contributed by atoms with Crippen molar-refractivity contribution in [1.82, 2.24) is 15.1 Å². The van der Waals surface area contributed by atoms with Crippen LogP contribution in [0.15, 0.2) is 53.2 Å². The molecule has 0 fully saturated rings. The molecule has 3 aromatic rings. The maximum absolute atomic E-state index is 5.53. The Bertz CT molecular complexity index is 661. The van der Waals surface area contributed by atoms with Crippen LogP contribution in [-0.2, 0) is 6.42 Å². The summed E-state index contributed by atoms with van der Waals surface area (Å²) in [5.74, 6) is 1.57. The Morgan fingerprint density at radius 3 is 2.63 bits per heavy atom. The highest BCUT2D eigenvalue weighted by Crippen LogP contribution is 2.17. The van der Waals surface area contributed by atoms with Crippen molar-refractivity contribution in [3.8, 4) is 11.5 Å². The zero-order valence-corrected chi connectivity index (χ0v) is 10.2. The molecular formula is C14H12N4O. The van der Waals surface area contributed by atoms with Crippen LogP contribution in [0.4, 0.5) is 5.82 Å². The van der Waals surface area contributed by atoms with Gasteiger partial charge in [-0.1, -0.05) is 35.5 Å². The van der Waals surface area contributed by atoms with Gasteiger partial charge in [-0.05, 0) is 17.7 Å². The Hall–Kier alpha value is -2.69. The third kappa shape index (κ3) is 2.60. The van der Waals surface area contributed by atoms with Crippen molar-refractivity contribution in [1.29, 1.82) is 0 Å². The molecule has 1 aromatic carbocycles. The van der Waals surface area contributed by atoms with E-state index in [0.717, 1.165) is 11.1 Å². The highest BCUT2D eigenvalue weighted by Gasteiger charge is 2.09. The van der Waals surface area contributed by atoms with Gasteiger partial charge in [0, 0.05) is 12.6 Å². The molecule has 0 bridgehead atoms. The predicted molar refractivity (Wildman–Crippen MR) is 71.2 cm³/mol. The van der Waals surface area contributed by atoms with E-state index in [1.54, 1.807) is 12.3 Å². The molecule has 0 saturated heterocycles. The first-order valence-corrected chi connectivity index (χ1v) is 5.90. The van der Waals surface area contributed by atoms with Gasteiger partial charge < -0.3 is 10.3 Å². The molecule has 0 unspecified atom stereocenters. The van der Waals surface area contributed by atoms with E-state index in [0.29, 0.717) is 24.0 Å². The molecule has 0 aliphatic carbocycles. The largest absolute Gasteiger partial charge is 0.384 e. The van der Waals surface area contributed by atoms with Crippen LogP contribution < -0.4 is 5.73 Å². The molecular weight excluding hydrogens is 240 g/mol. The van der Waals surface area contributed by atoms with E-state index in [-0.39, 0.29) is 0 Å². The van der Waals surface area contributed by atoms with Crippen LogP contribution in [-0.4, -0.2) is 15.1 Å². The smallest absolute Gasteiger partial charge is 0.259 e. The monoisotopic (exact) mass is 252 g/mol. The van der Waals surface area contributed by atoms with Crippen LogP contribution in [0, 0.1) is 0 Å². The van der Waals surface area contributed by atoms with Gasteiger partial charge in [-0.3, -0.25) is 0 Å². The summed E-state index contributed by atoms with van der Waals surface area (Å²) in [6, 6.07) is 13.5. The number of nitrogens with two attached hydrogens (primary N) is 1. The number of benzene rings is 1. The Balaban J connectivity index is 1.82. The van der Waals surface area contributed by atoms with Gasteiger partial charge in [-0.25, -0.2) is 4.98 Å². The lowest BCUT2D eigenvalue weighted by molar-refractivity contribution is 0.424. The average molecular weight is 252 g/mol. The number of anilines is 1. The summed E-state index contributed by atoms with van der Waals surface area (Å²) in [6.07, 6.45) is 2.27. The molecule has 2 heterocycles.